The van der Waals surface area contributed by atoms with E-state index in [1.54, 1.807) is 25.3 Å². The highest BCUT2D eigenvalue weighted by atomic mass is 16.6. The maximum atomic E-state index is 11.5. The largest absolute Gasteiger partial charge is 0.497 e. The number of nitro benzene ring substituents is 1. The summed E-state index contributed by atoms with van der Waals surface area (Å²) in [6.45, 7) is 0.610. The van der Waals surface area contributed by atoms with Crippen molar-refractivity contribution in [2.75, 3.05) is 7.11 Å². The van der Waals surface area contributed by atoms with Crippen LogP contribution in [0.4, 0.5) is 5.69 Å². The first kappa shape index (κ1) is 16.8. The molecule has 0 aliphatic rings. The zero-order chi connectivity index (χ0) is 18.8. The second kappa shape index (κ2) is 6.96. The van der Waals surface area contributed by atoms with Crippen LogP contribution in [-0.2, 0) is 6.54 Å². The van der Waals surface area contributed by atoms with E-state index in [2.05, 4.69) is 4.57 Å². The van der Waals surface area contributed by atoms with Crippen molar-refractivity contribution in [2.24, 2.45) is 0 Å². The lowest BCUT2D eigenvalue weighted by molar-refractivity contribution is -0.384. The molecule has 134 valence electrons. The molecular weight excluding hydrogens is 340 g/mol. The highest BCUT2D eigenvalue weighted by Crippen LogP contribution is 2.34. The molecule has 0 spiro atoms. The predicted molar refractivity (Wildman–Crippen MR) is 106 cm³/mol. The number of hydrogen-bond acceptors (Lipinski definition) is 3. The molecule has 4 rings (SSSR count). The molecule has 0 atom stereocenters. The molecule has 0 N–H and O–H groups in total. The molecule has 0 fully saturated rings. The van der Waals surface area contributed by atoms with Gasteiger partial charge < -0.3 is 9.30 Å². The van der Waals surface area contributed by atoms with Crippen LogP contribution in [-0.4, -0.2) is 16.6 Å². The first-order chi connectivity index (χ1) is 13.2. The SMILES string of the molecule is COc1ccc(Cn2c(-c3ccccc3[N+](=O)[O-])cc3ccccc32)cc1. The normalized spacial score (nSPS) is 10.9. The molecule has 0 unspecified atom stereocenters. The van der Waals surface area contributed by atoms with E-state index in [9.17, 15) is 10.1 Å². The maximum Gasteiger partial charge on any atom is 0.278 e. The summed E-state index contributed by atoms with van der Waals surface area (Å²) < 4.78 is 7.35. The van der Waals surface area contributed by atoms with E-state index in [0.29, 0.717) is 12.1 Å². The number of benzene rings is 3. The van der Waals surface area contributed by atoms with Crippen molar-refractivity contribution in [3.05, 3.63) is 94.5 Å². The molecule has 1 heterocycles. The van der Waals surface area contributed by atoms with Gasteiger partial charge in [-0.15, -0.1) is 0 Å². The molecule has 27 heavy (non-hydrogen) atoms. The van der Waals surface area contributed by atoms with Crippen LogP contribution in [0.1, 0.15) is 5.56 Å². The van der Waals surface area contributed by atoms with Gasteiger partial charge in [0, 0.05) is 23.5 Å². The van der Waals surface area contributed by atoms with Gasteiger partial charge in [0.25, 0.3) is 5.69 Å². The van der Waals surface area contributed by atoms with Gasteiger partial charge in [-0.05, 0) is 35.9 Å². The van der Waals surface area contributed by atoms with E-state index in [1.807, 2.05) is 60.7 Å². The lowest BCUT2D eigenvalue weighted by Crippen LogP contribution is -2.03. The number of methoxy groups -OCH3 is 1. The van der Waals surface area contributed by atoms with Crippen molar-refractivity contribution >= 4 is 16.6 Å². The minimum atomic E-state index is -0.329. The summed E-state index contributed by atoms with van der Waals surface area (Å²) in [4.78, 5) is 11.2. The predicted octanol–water partition coefficient (Wildman–Crippen LogP) is 5.27. The Labute approximate surface area is 156 Å². The van der Waals surface area contributed by atoms with Gasteiger partial charge in [-0.2, -0.15) is 0 Å². The van der Waals surface area contributed by atoms with Gasteiger partial charge in [-0.1, -0.05) is 42.5 Å². The molecular formula is C22H18N2O3. The van der Waals surface area contributed by atoms with Gasteiger partial charge in [0.1, 0.15) is 5.75 Å². The fraction of sp³-hybridized carbons (Fsp3) is 0.0909. The summed E-state index contributed by atoms with van der Waals surface area (Å²) in [6, 6.07) is 24.8. The second-order valence-electron chi connectivity index (χ2n) is 6.30. The Morgan fingerprint density at radius 1 is 0.963 bits per heavy atom. The Morgan fingerprint density at radius 3 is 2.41 bits per heavy atom. The summed E-state index contributed by atoms with van der Waals surface area (Å²) in [5, 5.41) is 12.6. The first-order valence-electron chi connectivity index (χ1n) is 8.62. The van der Waals surface area contributed by atoms with Crippen LogP contribution < -0.4 is 4.74 Å². The molecule has 0 bridgehead atoms. The third-order valence-corrected chi connectivity index (χ3v) is 4.69. The summed E-state index contributed by atoms with van der Waals surface area (Å²) >= 11 is 0. The van der Waals surface area contributed by atoms with Gasteiger partial charge >= 0.3 is 0 Å². The minimum Gasteiger partial charge on any atom is -0.497 e. The molecule has 0 saturated carbocycles. The molecule has 0 amide bonds. The summed E-state index contributed by atoms with van der Waals surface area (Å²) in [5.41, 5.74) is 3.70. The van der Waals surface area contributed by atoms with Gasteiger partial charge in [0.15, 0.2) is 0 Å². The van der Waals surface area contributed by atoms with Crippen molar-refractivity contribution < 1.29 is 9.66 Å². The molecule has 4 aromatic rings. The van der Waals surface area contributed by atoms with Crippen molar-refractivity contribution in [3.63, 3.8) is 0 Å². The fourth-order valence-corrected chi connectivity index (χ4v) is 3.37. The number of rotatable bonds is 5. The van der Waals surface area contributed by atoms with E-state index < -0.39 is 0 Å². The summed E-state index contributed by atoms with van der Waals surface area (Å²) in [6.07, 6.45) is 0. The van der Waals surface area contributed by atoms with Crippen LogP contribution in [0.5, 0.6) is 5.75 Å². The van der Waals surface area contributed by atoms with Crippen LogP contribution in [0.25, 0.3) is 22.2 Å². The number of nitrogens with zero attached hydrogens (tertiary/aromatic N) is 2. The van der Waals surface area contributed by atoms with Crippen LogP contribution in [0, 0.1) is 10.1 Å². The Hall–Kier alpha value is -3.60. The highest BCUT2D eigenvalue weighted by molar-refractivity contribution is 5.89. The monoisotopic (exact) mass is 358 g/mol. The van der Waals surface area contributed by atoms with Crippen LogP contribution >= 0.6 is 0 Å². The van der Waals surface area contributed by atoms with Crippen LogP contribution in [0.3, 0.4) is 0 Å². The quantitative estimate of drug-likeness (QED) is 0.360. The van der Waals surface area contributed by atoms with Crippen molar-refractivity contribution in [1.29, 1.82) is 0 Å². The zero-order valence-corrected chi connectivity index (χ0v) is 14.8. The molecule has 5 nitrogen and oxygen atoms in total. The molecule has 0 aliphatic heterocycles. The molecule has 5 heteroatoms. The molecule has 0 aliphatic carbocycles. The topological polar surface area (TPSA) is 57.3 Å². The molecule has 3 aromatic carbocycles. The number of fused-ring (bicyclic) bond motifs is 1. The minimum absolute atomic E-state index is 0.108. The zero-order valence-electron chi connectivity index (χ0n) is 14.8. The van der Waals surface area contributed by atoms with Crippen molar-refractivity contribution in [2.45, 2.75) is 6.54 Å². The van der Waals surface area contributed by atoms with E-state index in [4.69, 9.17) is 4.74 Å². The molecule has 0 radical (unpaired) electrons. The van der Waals surface area contributed by atoms with Crippen LogP contribution in [0.15, 0.2) is 78.9 Å². The Balaban J connectivity index is 1.88. The molecule has 1 aromatic heterocycles. The van der Waals surface area contributed by atoms with Gasteiger partial charge in [-0.25, -0.2) is 0 Å². The van der Waals surface area contributed by atoms with Crippen LogP contribution in [0.2, 0.25) is 0 Å². The van der Waals surface area contributed by atoms with Gasteiger partial charge in [0.2, 0.25) is 0 Å². The van der Waals surface area contributed by atoms with Gasteiger partial charge in [0.05, 0.1) is 23.3 Å². The molecule has 0 saturated heterocycles. The summed E-state index contributed by atoms with van der Waals surface area (Å²) in [5.74, 6) is 0.801. The highest BCUT2D eigenvalue weighted by Gasteiger charge is 2.19. The number of ether oxygens (including phenoxy) is 1. The lowest BCUT2D eigenvalue weighted by Gasteiger charge is -2.12. The van der Waals surface area contributed by atoms with Crippen molar-refractivity contribution in [1.82, 2.24) is 4.57 Å². The average molecular weight is 358 g/mol. The average Bonchev–Trinajstić information content (AvgIpc) is 3.07. The van der Waals surface area contributed by atoms with E-state index in [1.165, 1.54) is 0 Å². The summed E-state index contributed by atoms with van der Waals surface area (Å²) in [7, 11) is 1.64. The van der Waals surface area contributed by atoms with Gasteiger partial charge in [-0.3, -0.25) is 10.1 Å². The Kier molecular flexibility index (Phi) is 4.34. The van der Waals surface area contributed by atoms with Crippen molar-refractivity contribution in [3.8, 4) is 17.0 Å². The number of aromatic nitrogens is 1. The lowest BCUT2D eigenvalue weighted by atomic mass is 10.1. The third kappa shape index (κ3) is 3.15. The standard InChI is InChI=1S/C22H18N2O3/c1-27-18-12-10-16(11-13-18)15-23-20-8-4-2-6-17(20)14-22(23)19-7-3-5-9-21(19)24(25)26/h2-14H,15H2,1H3. The second-order valence-corrected chi connectivity index (χ2v) is 6.30. The first-order valence-corrected chi connectivity index (χ1v) is 8.62. The fourth-order valence-electron chi connectivity index (χ4n) is 3.37. The van der Waals surface area contributed by atoms with E-state index in [-0.39, 0.29) is 10.6 Å². The third-order valence-electron chi connectivity index (χ3n) is 4.69. The van der Waals surface area contributed by atoms with E-state index in [0.717, 1.165) is 27.9 Å². The maximum absolute atomic E-state index is 11.5. The number of para-hydroxylation sites is 2. The Morgan fingerprint density at radius 2 is 1.67 bits per heavy atom. The number of hydrogen-bond donors (Lipinski definition) is 0. The van der Waals surface area contributed by atoms with E-state index >= 15 is 0 Å². The number of nitro groups is 1. The Bertz CT molecular complexity index is 1110. The smallest absolute Gasteiger partial charge is 0.278 e.